The van der Waals surface area contributed by atoms with Crippen molar-refractivity contribution in [2.75, 3.05) is 12.0 Å². The van der Waals surface area contributed by atoms with E-state index in [9.17, 15) is 4.79 Å². The van der Waals surface area contributed by atoms with Gasteiger partial charge in [-0.2, -0.15) is 0 Å². The topological polar surface area (TPSA) is 89.3 Å². The molecule has 0 spiro atoms. The van der Waals surface area contributed by atoms with Crippen molar-refractivity contribution in [3.63, 3.8) is 0 Å². The van der Waals surface area contributed by atoms with Crippen molar-refractivity contribution in [3.05, 3.63) is 24.0 Å². The molecule has 1 saturated heterocycles. The number of aromatic nitrogens is 1. The molecule has 1 aliphatic rings. The monoisotopic (exact) mass is 250 g/mol. The van der Waals surface area contributed by atoms with Gasteiger partial charge in [-0.1, -0.05) is 0 Å². The summed E-state index contributed by atoms with van der Waals surface area (Å²) >= 11 is 0. The highest BCUT2D eigenvalue weighted by molar-refractivity contribution is 5.99. The van der Waals surface area contributed by atoms with Gasteiger partial charge in [0.25, 0.3) is 5.91 Å². The lowest BCUT2D eigenvalue weighted by atomic mass is 10.0. The summed E-state index contributed by atoms with van der Waals surface area (Å²) in [6.45, 7) is 2.70. The van der Waals surface area contributed by atoms with Gasteiger partial charge in [0.1, 0.15) is 0 Å². The lowest BCUT2D eigenvalue weighted by molar-refractivity contribution is 0.0137. The van der Waals surface area contributed by atoms with E-state index in [1.54, 1.807) is 12.3 Å². The molecule has 2 rings (SSSR count). The number of ether oxygens (including phenoxy) is 1. The number of nitrogens with two attached hydrogens (primary N) is 1. The van der Waals surface area contributed by atoms with Crippen LogP contribution in [0.15, 0.2) is 18.5 Å². The van der Waals surface area contributed by atoms with Gasteiger partial charge in [0.05, 0.1) is 23.6 Å². The van der Waals surface area contributed by atoms with Crippen molar-refractivity contribution in [2.45, 2.75) is 31.9 Å². The molecule has 2 heterocycles. The third kappa shape index (κ3) is 2.96. The van der Waals surface area contributed by atoms with Crippen molar-refractivity contribution in [2.24, 2.45) is 5.84 Å². The minimum absolute atomic E-state index is 0.135. The summed E-state index contributed by atoms with van der Waals surface area (Å²) in [5.41, 5.74) is 3.50. The molecular formula is C12H18N4O2. The Kier molecular flexibility index (Phi) is 4.11. The predicted octanol–water partition coefficient (Wildman–Crippen LogP) is 0.665. The first-order chi connectivity index (χ1) is 8.70. The maximum absolute atomic E-state index is 12.1. The highest BCUT2D eigenvalue weighted by Crippen LogP contribution is 2.16. The fourth-order valence-electron chi connectivity index (χ4n) is 2.10. The van der Waals surface area contributed by atoms with Crippen molar-refractivity contribution in [1.29, 1.82) is 0 Å². The summed E-state index contributed by atoms with van der Waals surface area (Å²) in [5.74, 6) is 5.22. The van der Waals surface area contributed by atoms with Crippen LogP contribution in [0, 0.1) is 0 Å². The zero-order valence-electron chi connectivity index (χ0n) is 10.3. The number of hydrazine groups is 1. The minimum Gasteiger partial charge on any atom is -0.378 e. The van der Waals surface area contributed by atoms with Crippen LogP contribution in [0.2, 0.25) is 0 Å². The van der Waals surface area contributed by atoms with Crippen LogP contribution in [0.3, 0.4) is 0 Å². The van der Waals surface area contributed by atoms with Crippen LogP contribution in [0.25, 0.3) is 0 Å². The Hall–Kier alpha value is -1.66. The average Bonchev–Trinajstić information content (AvgIpc) is 2.38. The number of nitrogens with zero attached hydrogens (tertiary/aromatic N) is 1. The fourth-order valence-corrected chi connectivity index (χ4v) is 2.10. The van der Waals surface area contributed by atoms with Gasteiger partial charge in [-0.15, -0.1) is 0 Å². The normalized spacial score (nSPS) is 23.4. The second-order valence-electron chi connectivity index (χ2n) is 4.44. The largest absolute Gasteiger partial charge is 0.378 e. The zero-order chi connectivity index (χ0) is 13.0. The van der Waals surface area contributed by atoms with Gasteiger partial charge in [0.15, 0.2) is 0 Å². The van der Waals surface area contributed by atoms with E-state index in [1.165, 1.54) is 6.20 Å². The van der Waals surface area contributed by atoms with Crippen LogP contribution in [-0.2, 0) is 4.74 Å². The zero-order valence-corrected chi connectivity index (χ0v) is 10.3. The quantitative estimate of drug-likeness (QED) is 0.542. The second kappa shape index (κ2) is 5.79. The number of carbonyl (C=O) groups excluding carboxylic acids is 1. The molecule has 98 valence electrons. The highest BCUT2D eigenvalue weighted by Gasteiger charge is 2.22. The Morgan fingerprint density at radius 3 is 3.17 bits per heavy atom. The molecule has 0 aliphatic carbocycles. The number of anilines is 1. The molecule has 2 unspecified atom stereocenters. The van der Waals surface area contributed by atoms with Crippen molar-refractivity contribution >= 4 is 11.6 Å². The molecule has 1 aliphatic heterocycles. The smallest absolute Gasteiger partial charge is 0.253 e. The Labute approximate surface area is 106 Å². The van der Waals surface area contributed by atoms with Gasteiger partial charge in [0.2, 0.25) is 0 Å². The Bertz CT molecular complexity index is 424. The molecule has 1 aromatic rings. The molecule has 0 bridgehead atoms. The van der Waals surface area contributed by atoms with Gasteiger partial charge in [-0.3, -0.25) is 15.6 Å². The third-order valence-electron chi connectivity index (χ3n) is 3.04. The predicted molar refractivity (Wildman–Crippen MR) is 67.9 cm³/mol. The van der Waals surface area contributed by atoms with Crippen LogP contribution in [0.1, 0.15) is 30.1 Å². The van der Waals surface area contributed by atoms with Crippen molar-refractivity contribution in [3.8, 4) is 0 Å². The van der Waals surface area contributed by atoms with E-state index < -0.39 is 0 Å². The maximum Gasteiger partial charge on any atom is 0.253 e. The third-order valence-corrected chi connectivity index (χ3v) is 3.04. The molecule has 1 amide bonds. The molecule has 0 radical (unpaired) electrons. The average molecular weight is 250 g/mol. The van der Waals surface area contributed by atoms with Crippen LogP contribution in [0.4, 0.5) is 5.69 Å². The van der Waals surface area contributed by atoms with Gasteiger partial charge < -0.3 is 15.5 Å². The standard InChI is InChI=1S/C12H18N4O2/c1-8-6-9(3-5-18-8)15-12(17)10-2-4-14-7-11(10)16-13/h2,4,7-9,16H,3,5-6,13H2,1H3,(H,15,17). The van der Waals surface area contributed by atoms with Gasteiger partial charge in [-0.25, -0.2) is 0 Å². The van der Waals surface area contributed by atoms with E-state index in [4.69, 9.17) is 10.6 Å². The number of rotatable bonds is 3. The number of nitrogens with one attached hydrogen (secondary N) is 2. The first kappa shape index (κ1) is 12.8. The lowest BCUT2D eigenvalue weighted by Crippen LogP contribution is -2.41. The molecular weight excluding hydrogens is 232 g/mol. The Morgan fingerprint density at radius 1 is 1.61 bits per heavy atom. The Morgan fingerprint density at radius 2 is 2.44 bits per heavy atom. The molecule has 6 heteroatoms. The maximum atomic E-state index is 12.1. The summed E-state index contributed by atoms with van der Waals surface area (Å²) in [6.07, 6.45) is 4.96. The molecule has 1 fully saturated rings. The van der Waals surface area contributed by atoms with E-state index >= 15 is 0 Å². The van der Waals surface area contributed by atoms with E-state index in [0.29, 0.717) is 17.9 Å². The van der Waals surface area contributed by atoms with E-state index in [-0.39, 0.29) is 18.1 Å². The summed E-state index contributed by atoms with van der Waals surface area (Å²) in [7, 11) is 0. The van der Waals surface area contributed by atoms with Crippen molar-refractivity contribution in [1.82, 2.24) is 10.3 Å². The van der Waals surface area contributed by atoms with Crippen LogP contribution >= 0.6 is 0 Å². The molecule has 0 aromatic carbocycles. The van der Waals surface area contributed by atoms with E-state index in [0.717, 1.165) is 12.8 Å². The molecule has 4 N–H and O–H groups in total. The molecule has 18 heavy (non-hydrogen) atoms. The van der Waals surface area contributed by atoms with Gasteiger partial charge in [0, 0.05) is 18.8 Å². The molecule has 0 saturated carbocycles. The molecule has 6 nitrogen and oxygen atoms in total. The van der Waals surface area contributed by atoms with Gasteiger partial charge in [-0.05, 0) is 25.8 Å². The SMILES string of the molecule is CC1CC(NC(=O)c2ccncc2NN)CCO1. The minimum atomic E-state index is -0.135. The summed E-state index contributed by atoms with van der Waals surface area (Å²) in [5, 5.41) is 3.00. The number of hydrogen-bond acceptors (Lipinski definition) is 5. The highest BCUT2D eigenvalue weighted by atomic mass is 16.5. The van der Waals surface area contributed by atoms with E-state index in [1.807, 2.05) is 6.92 Å². The number of carbonyl (C=O) groups is 1. The second-order valence-corrected chi connectivity index (χ2v) is 4.44. The number of hydrogen-bond donors (Lipinski definition) is 3. The molecule has 2 atom stereocenters. The van der Waals surface area contributed by atoms with Crippen LogP contribution in [0.5, 0.6) is 0 Å². The van der Waals surface area contributed by atoms with Crippen LogP contribution < -0.4 is 16.6 Å². The summed E-state index contributed by atoms with van der Waals surface area (Å²) in [6, 6.07) is 1.80. The molecule has 1 aromatic heterocycles. The van der Waals surface area contributed by atoms with E-state index in [2.05, 4.69) is 15.7 Å². The number of amides is 1. The van der Waals surface area contributed by atoms with Crippen molar-refractivity contribution < 1.29 is 9.53 Å². The van der Waals surface area contributed by atoms with Gasteiger partial charge >= 0.3 is 0 Å². The number of pyridine rings is 1. The summed E-state index contributed by atoms with van der Waals surface area (Å²) in [4.78, 5) is 16.0. The first-order valence-corrected chi connectivity index (χ1v) is 6.04. The number of nitrogen functional groups attached to an aromatic ring is 1. The van der Waals surface area contributed by atoms with Crippen LogP contribution in [-0.4, -0.2) is 29.6 Å². The fraction of sp³-hybridized carbons (Fsp3) is 0.500. The first-order valence-electron chi connectivity index (χ1n) is 6.04. The summed E-state index contributed by atoms with van der Waals surface area (Å²) < 4.78 is 5.45. The lowest BCUT2D eigenvalue weighted by Gasteiger charge is -2.28. The Balaban J connectivity index is 2.03.